The Bertz CT molecular complexity index is 401. The second kappa shape index (κ2) is 5.71. The van der Waals surface area contributed by atoms with Crippen molar-refractivity contribution < 1.29 is 18.3 Å². The molecule has 1 saturated heterocycles. The van der Waals surface area contributed by atoms with Crippen molar-refractivity contribution in [3.05, 3.63) is 0 Å². The first-order valence-electron chi connectivity index (χ1n) is 5.40. The highest BCUT2D eigenvalue weighted by Crippen LogP contribution is 2.15. The van der Waals surface area contributed by atoms with Gasteiger partial charge in [0, 0.05) is 13.1 Å². The number of hydrogen-bond donors (Lipinski definition) is 1. The van der Waals surface area contributed by atoms with Gasteiger partial charge in [-0.15, -0.1) is 0 Å². The molecule has 18 heavy (non-hydrogen) atoms. The van der Waals surface area contributed by atoms with Gasteiger partial charge in [0.05, 0.1) is 13.2 Å². The maximum atomic E-state index is 12.0. The fourth-order valence-electron chi connectivity index (χ4n) is 1.47. The van der Waals surface area contributed by atoms with Crippen LogP contribution >= 0.6 is 0 Å². The zero-order valence-electron chi connectivity index (χ0n) is 9.55. The van der Waals surface area contributed by atoms with Gasteiger partial charge in [-0.3, -0.25) is 0 Å². The Balaban J connectivity index is 2.09. The molecule has 0 atom stereocenters. The Morgan fingerprint density at radius 3 is 2.67 bits per heavy atom. The molecule has 1 aromatic heterocycles. The third-order valence-electron chi connectivity index (χ3n) is 2.25. The van der Waals surface area contributed by atoms with Crippen LogP contribution in [0.25, 0.3) is 0 Å². The average Bonchev–Trinajstić information content (AvgIpc) is 2.37. The second-order valence-electron chi connectivity index (χ2n) is 3.58. The molecule has 1 aliphatic heterocycles. The topological polar surface area (TPSA) is 86.4 Å². The van der Waals surface area contributed by atoms with E-state index in [1.54, 1.807) is 0 Å². The SMILES string of the molecule is Nc1nc(OCC(F)F)nc(N2CCOCC2)n1. The van der Waals surface area contributed by atoms with E-state index in [9.17, 15) is 8.78 Å². The smallest absolute Gasteiger partial charge is 0.323 e. The van der Waals surface area contributed by atoms with Crippen LogP contribution in [-0.2, 0) is 4.74 Å². The summed E-state index contributed by atoms with van der Waals surface area (Å²) in [4.78, 5) is 13.4. The van der Waals surface area contributed by atoms with Crippen molar-refractivity contribution in [1.29, 1.82) is 0 Å². The Labute approximate surface area is 102 Å². The fraction of sp³-hybridized carbons (Fsp3) is 0.667. The highest BCUT2D eigenvalue weighted by molar-refractivity contribution is 5.36. The van der Waals surface area contributed by atoms with Gasteiger partial charge in [-0.25, -0.2) is 8.78 Å². The van der Waals surface area contributed by atoms with Crippen molar-refractivity contribution in [2.45, 2.75) is 6.43 Å². The van der Waals surface area contributed by atoms with Crippen LogP contribution in [0.1, 0.15) is 0 Å². The molecule has 0 amide bonds. The molecule has 9 heteroatoms. The third-order valence-corrected chi connectivity index (χ3v) is 2.25. The summed E-state index contributed by atoms with van der Waals surface area (Å²) >= 11 is 0. The summed E-state index contributed by atoms with van der Waals surface area (Å²) in [6.07, 6.45) is -2.59. The first-order chi connectivity index (χ1) is 8.65. The number of anilines is 2. The molecule has 0 aliphatic carbocycles. The summed E-state index contributed by atoms with van der Waals surface area (Å²) in [6.45, 7) is 1.55. The Kier molecular flexibility index (Phi) is 4.03. The van der Waals surface area contributed by atoms with Crippen molar-refractivity contribution in [3.63, 3.8) is 0 Å². The molecule has 0 unspecified atom stereocenters. The molecule has 0 spiro atoms. The van der Waals surface area contributed by atoms with Crippen LogP contribution in [0.5, 0.6) is 6.01 Å². The Morgan fingerprint density at radius 1 is 1.28 bits per heavy atom. The van der Waals surface area contributed by atoms with Crippen LogP contribution in [0.3, 0.4) is 0 Å². The number of morpholine rings is 1. The molecule has 2 rings (SSSR count). The van der Waals surface area contributed by atoms with E-state index >= 15 is 0 Å². The number of hydrogen-bond acceptors (Lipinski definition) is 7. The van der Waals surface area contributed by atoms with Crippen LogP contribution in [0.15, 0.2) is 0 Å². The number of alkyl halides is 2. The standard InChI is InChI=1S/C9H13F2N5O2/c10-6(11)5-18-9-14-7(12)13-8(15-9)16-1-3-17-4-2-16/h6H,1-5H2,(H2,12,13,14,15). The summed E-state index contributed by atoms with van der Waals surface area (Å²) < 4.78 is 34.0. The zero-order chi connectivity index (χ0) is 13.0. The van der Waals surface area contributed by atoms with Gasteiger partial charge in [-0.1, -0.05) is 0 Å². The van der Waals surface area contributed by atoms with E-state index in [-0.39, 0.29) is 12.0 Å². The summed E-state index contributed by atoms with van der Waals surface area (Å²) in [5.74, 6) is 0.255. The van der Waals surface area contributed by atoms with Crippen molar-refractivity contribution in [3.8, 4) is 6.01 Å². The lowest BCUT2D eigenvalue weighted by molar-refractivity contribution is 0.0769. The first kappa shape index (κ1) is 12.7. The van der Waals surface area contributed by atoms with E-state index < -0.39 is 13.0 Å². The lowest BCUT2D eigenvalue weighted by atomic mass is 10.4. The van der Waals surface area contributed by atoms with Crippen molar-refractivity contribution in [2.75, 3.05) is 43.5 Å². The second-order valence-corrected chi connectivity index (χ2v) is 3.58. The van der Waals surface area contributed by atoms with Crippen LogP contribution in [0.4, 0.5) is 20.7 Å². The maximum absolute atomic E-state index is 12.0. The van der Waals surface area contributed by atoms with Crippen LogP contribution in [-0.4, -0.2) is 54.3 Å². The van der Waals surface area contributed by atoms with Crippen LogP contribution < -0.4 is 15.4 Å². The molecule has 0 radical (unpaired) electrons. The summed E-state index contributed by atoms with van der Waals surface area (Å²) in [5, 5.41) is 0. The molecular formula is C9H13F2N5O2. The lowest BCUT2D eigenvalue weighted by Crippen LogP contribution is -2.37. The molecule has 7 nitrogen and oxygen atoms in total. The molecule has 0 bridgehead atoms. The molecule has 0 aromatic carbocycles. The lowest BCUT2D eigenvalue weighted by Gasteiger charge is -2.26. The Morgan fingerprint density at radius 2 is 2.00 bits per heavy atom. The zero-order valence-corrected chi connectivity index (χ0v) is 9.55. The van der Waals surface area contributed by atoms with Crippen molar-refractivity contribution >= 4 is 11.9 Å². The first-order valence-corrected chi connectivity index (χ1v) is 5.40. The third kappa shape index (κ3) is 3.36. The van der Waals surface area contributed by atoms with Gasteiger partial charge in [-0.2, -0.15) is 15.0 Å². The van der Waals surface area contributed by atoms with E-state index in [1.807, 2.05) is 4.90 Å². The summed E-state index contributed by atoms with van der Waals surface area (Å²) in [5.41, 5.74) is 5.48. The summed E-state index contributed by atoms with van der Waals surface area (Å²) in [7, 11) is 0. The van der Waals surface area contributed by atoms with Crippen LogP contribution in [0.2, 0.25) is 0 Å². The molecule has 1 aliphatic rings. The predicted octanol–water partition coefficient (Wildman–Crippen LogP) is -0.0657. The molecule has 1 aromatic rings. The minimum absolute atomic E-state index is 0.0595. The molecular weight excluding hydrogens is 248 g/mol. The molecule has 1 fully saturated rings. The molecule has 2 N–H and O–H groups in total. The number of halogens is 2. The van der Waals surface area contributed by atoms with Crippen molar-refractivity contribution in [1.82, 2.24) is 15.0 Å². The summed E-state index contributed by atoms with van der Waals surface area (Å²) in [6, 6.07) is -0.190. The van der Waals surface area contributed by atoms with Gasteiger partial charge in [-0.05, 0) is 0 Å². The number of nitrogen functional groups attached to an aromatic ring is 1. The predicted molar refractivity (Wildman–Crippen MR) is 58.8 cm³/mol. The van der Waals surface area contributed by atoms with E-state index in [1.165, 1.54) is 0 Å². The maximum Gasteiger partial charge on any atom is 0.323 e. The largest absolute Gasteiger partial charge is 0.457 e. The number of aromatic nitrogens is 3. The fourth-order valence-corrected chi connectivity index (χ4v) is 1.47. The van der Waals surface area contributed by atoms with Gasteiger partial charge < -0.3 is 20.1 Å². The number of rotatable bonds is 4. The van der Waals surface area contributed by atoms with Crippen molar-refractivity contribution in [2.24, 2.45) is 0 Å². The van der Waals surface area contributed by atoms with Gasteiger partial charge in [0.25, 0.3) is 6.43 Å². The molecule has 0 saturated carbocycles. The van der Waals surface area contributed by atoms with Gasteiger partial charge in [0.1, 0.15) is 0 Å². The molecule has 100 valence electrons. The minimum Gasteiger partial charge on any atom is -0.457 e. The normalized spacial score (nSPS) is 16.1. The number of nitrogens with zero attached hydrogens (tertiary/aromatic N) is 4. The van der Waals surface area contributed by atoms with E-state index in [4.69, 9.17) is 15.2 Å². The van der Waals surface area contributed by atoms with Gasteiger partial charge >= 0.3 is 6.01 Å². The van der Waals surface area contributed by atoms with E-state index in [0.29, 0.717) is 32.3 Å². The Hall–Kier alpha value is -1.77. The number of nitrogens with two attached hydrogens (primary N) is 1. The van der Waals surface area contributed by atoms with E-state index in [2.05, 4.69) is 15.0 Å². The van der Waals surface area contributed by atoms with Crippen LogP contribution in [0, 0.1) is 0 Å². The highest BCUT2D eigenvalue weighted by atomic mass is 19.3. The molecule has 2 heterocycles. The minimum atomic E-state index is -2.59. The van der Waals surface area contributed by atoms with Gasteiger partial charge in [0.2, 0.25) is 11.9 Å². The highest BCUT2D eigenvalue weighted by Gasteiger charge is 2.16. The monoisotopic (exact) mass is 261 g/mol. The van der Waals surface area contributed by atoms with E-state index in [0.717, 1.165) is 0 Å². The average molecular weight is 261 g/mol. The quantitative estimate of drug-likeness (QED) is 0.812. The number of ether oxygens (including phenoxy) is 2. The van der Waals surface area contributed by atoms with Gasteiger partial charge in [0.15, 0.2) is 6.61 Å².